The van der Waals surface area contributed by atoms with Gasteiger partial charge in [0.1, 0.15) is 11.7 Å². The highest BCUT2D eigenvalue weighted by molar-refractivity contribution is 5.96. The van der Waals surface area contributed by atoms with Crippen LogP contribution < -0.4 is 14.2 Å². The Labute approximate surface area is 145 Å². The molecule has 3 rings (SSSR count). The first kappa shape index (κ1) is 16.9. The van der Waals surface area contributed by atoms with Gasteiger partial charge >= 0.3 is 0 Å². The van der Waals surface area contributed by atoms with Gasteiger partial charge < -0.3 is 19.1 Å². The average Bonchev–Trinajstić information content (AvgIpc) is 3.11. The van der Waals surface area contributed by atoms with E-state index >= 15 is 0 Å². The number of ether oxygens (including phenoxy) is 3. The van der Waals surface area contributed by atoms with E-state index in [0.717, 1.165) is 6.42 Å². The zero-order valence-corrected chi connectivity index (χ0v) is 14.2. The summed E-state index contributed by atoms with van der Waals surface area (Å²) in [6, 6.07) is 6.84. The molecule has 0 aliphatic carbocycles. The van der Waals surface area contributed by atoms with Crippen LogP contribution in [0.5, 0.6) is 17.6 Å². The van der Waals surface area contributed by atoms with Crippen LogP contribution in [0.4, 0.5) is 0 Å². The number of aromatic nitrogens is 3. The largest absolute Gasteiger partial charge is 0.480 e. The van der Waals surface area contributed by atoms with Crippen molar-refractivity contribution < 1.29 is 19.0 Å². The molecule has 1 saturated heterocycles. The van der Waals surface area contributed by atoms with Crippen LogP contribution in [-0.2, 0) is 0 Å². The maximum absolute atomic E-state index is 12.7. The fourth-order valence-electron chi connectivity index (χ4n) is 2.63. The number of pyridine rings is 1. The van der Waals surface area contributed by atoms with E-state index in [2.05, 4.69) is 15.2 Å². The van der Waals surface area contributed by atoms with Gasteiger partial charge in [-0.05, 0) is 19.1 Å². The molecule has 1 aliphatic heterocycles. The van der Waals surface area contributed by atoms with Gasteiger partial charge in [0.05, 0.1) is 20.3 Å². The van der Waals surface area contributed by atoms with Crippen LogP contribution in [0, 0.1) is 0 Å². The van der Waals surface area contributed by atoms with E-state index in [1.165, 1.54) is 7.11 Å². The molecule has 0 radical (unpaired) electrons. The van der Waals surface area contributed by atoms with Gasteiger partial charge in [0, 0.05) is 31.3 Å². The number of methoxy groups -OCH3 is 1. The van der Waals surface area contributed by atoms with Crippen LogP contribution in [0.2, 0.25) is 0 Å². The van der Waals surface area contributed by atoms with Crippen molar-refractivity contribution in [2.24, 2.45) is 0 Å². The summed E-state index contributed by atoms with van der Waals surface area (Å²) in [5.41, 5.74) is 0.467. The molecule has 2 aromatic rings. The lowest BCUT2D eigenvalue weighted by atomic mass is 10.2. The van der Waals surface area contributed by atoms with Gasteiger partial charge in [0.25, 0.3) is 5.91 Å². The molecule has 1 atom stereocenters. The van der Waals surface area contributed by atoms with E-state index in [1.54, 1.807) is 35.4 Å². The standard InChI is InChI=1S/C17H20N4O4/c1-3-24-16-13(5-4-9-18-16)17(22)21-10-8-12(11-21)25-15-7-6-14(23-2)19-20-15/h4-7,9,12H,3,8,10-11H2,1-2H3. The Morgan fingerprint density at radius 1 is 1.28 bits per heavy atom. The normalized spacial score (nSPS) is 16.6. The maximum atomic E-state index is 12.7. The fourth-order valence-corrected chi connectivity index (χ4v) is 2.63. The molecule has 1 unspecified atom stereocenters. The Bertz CT molecular complexity index is 723. The second kappa shape index (κ2) is 7.78. The van der Waals surface area contributed by atoms with Crippen LogP contribution in [0.15, 0.2) is 30.5 Å². The maximum Gasteiger partial charge on any atom is 0.259 e. The Hall–Kier alpha value is -2.90. The molecular formula is C17H20N4O4. The number of rotatable bonds is 6. The molecule has 1 amide bonds. The van der Waals surface area contributed by atoms with Gasteiger partial charge in [0.15, 0.2) is 0 Å². The minimum absolute atomic E-state index is 0.108. The molecule has 132 valence electrons. The van der Waals surface area contributed by atoms with Crippen molar-refractivity contribution in [2.75, 3.05) is 26.8 Å². The molecule has 25 heavy (non-hydrogen) atoms. The number of hydrogen-bond donors (Lipinski definition) is 0. The van der Waals surface area contributed by atoms with Gasteiger partial charge in [0.2, 0.25) is 17.6 Å². The van der Waals surface area contributed by atoms with Crippen LogP contribution in [0.1, 0.15) is 23.7 Å². The molecule has 8 heteroatoms. The Kier molecular flexibility index (Phi) is 5.27. The van der Waals surface area contributed by atoms with E-state index in [0.29, 0.717) is 42.9 Å². The smallest absolute Gasteiger partial charge is 0.259 e. The fraction of sp³-hybridized carbons (Fsp3) is 0.412. The van der Waals surface area contributed by atoms with E-state index in [1.807, 2.05) is 6.92 Å². The zero-order valence-electron chi connectivity index (χ0n) is 14.2. The summed E-state index contributed by atoms with van der Waals surface area (Å²) in [5.74, 6) is 1.09. The van der Waals surface area contributed by atoms with Crippen LogP contribution in [0.25, 0.3) is 0 Å². The van der Waals surface area contributed by atoms with E-state index in [4.69, 9.17) is 14.2 Å². The van der Waals surface area contributed by atoms with E-state index in [9.17, 15) is 4.79 Å². The highest BCUT2D eigenvalue weighted by Gasteiger charge is 2.30. The molecule has 0 bridgehead atoms. The summed E-state index contributed by atoms with van der Waals surface area (Å²) in [4.78, 5) is 18.6. The lowest BCUT2D eigenvalue weighted by Gasteiger charge is -2.18. The highest BCUT2D eigenvalue weighted by Crippen LogP contribution is 2.22. The lowest BCUT2D eigenvalue weighted by Crippen LogP contribution is -2.31. The van der Waals surface area contributed by atoms with Crippen molar-refractivity contribution in [1.82, 2.24) is 20.1 Å². The number of carbonyl (C=O) groups excluding carboxylic acids is 1. The first-order valence-electron chi connectivity index (χ1n) is 8.12. The quantitative estimate of drug-likeness (QED) is 0.786. The third kappa shape index (κ3) is 3.96. The number of hydrogen-bond acceptors (Lipinski definition) is 7. The summed E-state index contributed by atoms with van der Waals surface area (Å²) in [7, 11) is 1.53. The molecule has 0 N–H and O–H groups in total. The molecule has 1 fully saturated rings. The van der Waals surface area contributed by atoms with Gasteiger partial charge in [-0.25, -0.2) is 4.98 Å². The minimum Gasteiger partial charge on any atom is -0.480 e. The second-order valence-electron chi connectivity index (χ2n) is 5.48. The van der Waals surface area contributed by atoms with Crippen molar-refractivity contribution in [3.8, 4) is 17.6 Å². The van der Waals surface area contributed by atoms with Crippen LogP contribution >= 0.6 is 0 Å². The Morgan fingerprint density at radius 3 is 2.80 bits per heavy atom. The summed E-state index contributed by atoms with van der Waals surface area (Å²) in [5, 5.41) is 7.82. The monoisotopic (exact) mass is 344 g/mol. The van der Waals surface area contributed by atoms with Gasteiger partial charge in [-0.1, -0.05) is 0 Å². The highest BCUT2D eigenvalue weighted by atomic mass is 16.5. The van der Waals surface area contributed by atoms with Crippen molar-refractivity contribution in [3.63, 3.8) is 0 Å². The molecule has 2 aromatic heterocycles. The molecular weight excluding hydrogens is 324 g/mol. The summed E-state index contributed by atoms with van der Waals surface area (Å²) in [6.07, 6.45) is 2.21. The molecule has 0 aromatic carbocycles. The number of likely N-dealkylation sites (tertiary alicyclic amines) is 1. The van der Waals surface area contributed by atoms with Crippen molar-refractivity contribution >= 4 is 5.91 Å². The topological polar surface area (TPSA) is 86.7 Å². The van der Waals surface area contributed by atoms with E-state index in [-0.39, 0.29) is 12.0 Å². The Morgan fingerprint density at radius 2 is 2.08 bits per heavy atom. The molecule has 8 nitrogen and oxygen atoms in total. The van der Waals surface area contributed by atoms with Gasteiger partial charge in [-0.3, -0.25) is 4.79 Å². The van der Waals surface area contributed by atoms with Gasteiger partial charge in [-0.15, -0.1) is 10.2 Å². The molecule has 0 spiro atoms. The predicted octanol–water partition coefficient (Wildman–Crippen LogP) is 1.57. The molecule has 0 saturated carbocycles. The number of nitrogens with zero attached hydrogens (tertiary/aromatic N) is 4. The third-order valence-electron chi connectivity index (χ3n) is 3.83. The first-order valence-corrected chi connectivity index (χ1v) is 8.12. The summed E-state index contributed by atoms with van der Waals surface area (Å²) < 4.78 is 16.2. The van der Waals surface area contributed by atoms with Crippen LogP contribution in [-0.4, -0.2) is 58.9 Å². The average molecular weight is 344 g/mol. The van der Waals surface area contributed by atoms with Crippen molar-refractivity contribution in [3.05, 3.63) is 36.0 Å². The summed E-state index contributed by atoms with van der Waals surface area (Å²) in [6.45, 7) is 3.40. The molecule has 1 aliphatic rings. The van der Waals surface area contributed by atoms with Crippen molar-refractivity contribution in [2.45, 2.75) is 19.4 Å². The second-order valence-corrected chi connectivity index (χ2v) is 5.48. The zero-order chi connectivity index (χ0) is 17.6. The number of carbonyl (C=O) groups is 1. The van der Waals surface area contributed by atoms with Crippen molar-refractivity contribution in [1.29, 1.82) is 0 Å². The summed E-state index contributed by atoms with van der Waals surface area (Å²) >= 11 is 0. The lowest BCUT2D eigenvalue weighted by molar-refractivity contribution is 0.0766. The van der Waals surface area contributed by atoms with Gasteiger partial charge in [-0.2, -0.15) is 0 Å². The minimum atomic E-state index is -0.126. The SMILES string of the molecule is CCOc1ncccc1C(=O)N1CCC(Oc2ccc(OC)nn2)C1. The predicted molar refractivity (Wildman–Crippen MR) is 88.9 cm³/mol. The molecule has 3 heterocycles. The Balaban J connectivity index is 1.63. The number of amides is 1. The third-order valence-corrected chi connectivity index (χ3v) is 3.83. The first-order chi connectivity index (χ1) is 12.2. The van der Waals surface area contributed by atoms with Crippen LogP contribution in [0.3, 0.4) is 0 Å². The van der Waals surface area contributed by atoms with E-state index < -0.39 is 0 Å².